The minimum Gasteiger partial charge on any atom is -0.317 e. The van der Waals surface area contributed by atoms with Crippen molar-refractivity contribution in [2.75, 3.05) is 13.1 Å². The first kappa shape index (κ1) is 14.1. The lowest BCUT2D eigenvalue weighted by molar-refractivity contribution is 0.359. The highest BCUT2D eigenvalue weighted by Crippen LogP contribution is 2.24. The highest BCUT2D eigenvalue weighted by Gasteiger charge is 2.19. The number of aromatic nitrogens is 4. The fourth-order valence-electron chi connectivity index (χ4n) is 3.13. The van der Waals surface area contributed by atoms with Crippen molar-refractivity contribution < 1.29 is 4.39 Å². The Balaban J connectivity index is 1.86. The van der Waals surface area contributed by atoms with Crippen molar-refractivity contribution in [2.45, 2.75) is 18.9 Å². The molecule has 0 saturated carbocycles. The van der Waals surface area contributed by atoms with E-state index in [0.29, 0.717) is 11.1 Å². The number of rotatable bonds is 2. The van der Waals surface area contributed by atoms with Crippen LogP contribution in [0.1, 0.15) is 18.9 Å². The maximum Gasteiger partial charge on any atom is 0.264 e. The predicted octanol–water partition coefficient (Wildman–Crippen LogP) is 1.85. The summed E-state index contributed by atoms with van der Waals surface area (Å²) in [5, 5.41) is 9.87. The van der Waals surface area contributed by atoms with E-state index >= 15 is 0 Å². The fourth-order valence-corrected chi connectivity index (χ4v) is 3.13. The fraction of sp³-hybridized carbons (Fsp3) is 0.312. The molecule has 1 aromatic carbocycles. The van der Waals surface area contributed by atoms with Crippen molar-refractivity contribution in [2.24, 2.45) is 0 Å². The summed E-state index contributed by atoms with van der Waals surface area (Å²) in [6, 6.07) is 3.16. The quantitative estimate of drug-likeness (QED) is 0.757. The molecule has 3 aromatic rings. The van der Waals surface area contributed by atoms with Gasteiger partial charge in [0.2, 0.25) is 0 Å². The van der Waals surface area contributed by atoms with E-state index in [1.54, 1.807) is 29.4 Å². The summed E-state index contributed by atoms with van der Waals surface area (Å²) in [6.45, 7) is 1.72. The largest absolute Gasteiger partial charge is 0.317 e. The van der Waals surface area contributed by atoms with Crippen molar-refractivity contribution in [3.05, 3.63) is 47.0 Å². The molecule has 0 radical (unpaired) electrons. The number of nitrogens with one attached hydrogen (secondary N) is 2. The van der Waals surface area contributed by atoms with Crippen LogP contribution in [-0.2, 0) is 0 Å². The van der Waals surface area contributed by atoms with Crippen LogP contribution in [0, 0.1) is 5.82 Å². The van der Waals surface area contributed by atoms with E-state index in [2.05, 4.69) is 20.5 Å². The first-order valence-electron chi connectivity index (χ1n) is 7.64. The zero-order valence-corrected chi connectivity index (χ0v) is 12.4. The number of H-pyrrole nitrogens is 1. The van der Waals surface area contributed by atoms with E-state index in [9.17, 15) is 9.18 Å². The van der Waals surface area contributed by atoms with E-state index in [1.165, 1.54) is 6.07 Å². The molecule has 2 aromatic heterocycles. The number of benzene rings is 1. The Bertz CT molecular complexity index is 897. The number of hydrogen-bond acceptors (Lipinski definition) is 4. The summed E-state index contributed by atoms with van der Waals surface area (Å²) < 4.78 is 16.1. The van der Waals surface area contributed by atoms with Gasteiger partial charge in [0.25, 0.3) is 5.56 Å². The van der Waals surface area contributed by atoms with Gasteiger partial charge in [-0.05, 0) is 43.6 Å². The van der Waals surface area contributed by atoms with Gasteiger partial charge < -0.3 is 5.32 Å². The molecule has 6 nitrogen and oxygen atoms in total. The van der Waals surface area contributed by atoms with Gasteiger partial charge in [-0.2, -0.15) is 5.10 Å². The number of nitrogens with zero attached hydrogens (tertiary/aromatic N) is 3. The molecule has 118 valence electrons. The Morgan fingerprint density at radius 1 is 1.22 bits per heavy atom. The average molecular weight is 313 g/mol. The molecular weight excluding hydrogens is 297 g/mol. The molecule has 0 atom stereocenters. The lowest BCUT2D eigenvalue weighted by Crippen LogP contribution is -2.34. The highest BCUT2D eigenvalue weighted by atomic mass is 19.1. The summed E-state index contributed by atoms with van der Waals surface area (Å²) in [6.07, 6.45) is 6.52. The van der Waals surface area contributed by atoms with Gasteiger partial charge in [0.1, 0.15) is 11.2 Å². The number of piperidine rings is 1. The van der Waals surface area contributed by atoms with Crippen molar-refractivity contribution in [1.82, 2.24) is 25.1 Å². The molecule has 4 rings (SSSR count). The van der Waals surface area contributed by atoms with Crippen LogP contribution in [0.3, 0.4) is 0 Å². The number of hydrogen-bond donors (Lipinski definition) is 2. The van der Waals surface area contributed by atoms with Gasteiger partial charge in [0.05, 0.1) is 18.0 Å². The third kappa shape index (κ3) is 2.43. The smallest absolute Gasteiger partial charge is 0.264 e. The SMILES string of the molecule is O=c1c2c(F)cc(-c3cn[nH]c3)cc2ncn1C1CCNCC1. The second-order valence-electron chi connectivity index (χ2n) is 5.78. The average Bonchev–Trinajstić information content (AvgIpc) is 3.10. The number of fused-ring (bicyclic) bond motifs is 1. The molecule has 1 aliphatic rings. The summed E-state index contributed by atoms with van der Waals surface area (Å²) in [5.74, 6) is -0.542. The molecule has 7 heteroatoms. The van der Waals surface area contributed by atoms with Crippen LogP contribution in [0.15, 0.2) is 35.6 Å². The van der Waals surface area contributed by atoms with Gasteiger partial charge in [0.15, 0.2) is 0 Å². The Morgan fingerprint density at radius 2 is 2.04 bits per heavy atom. The molecule has 0 amide bonds. The minimum atomic E-state index is -0.542. The zero-order chi connectivity index (χ0) is 15.8. The molecule has 1 fully saturated rings. The van der Waals surface area contributed by atoms with Gasteiger partial charge in [0, 0.05) is 17.8 Å². The second-order valence-corrected chi connectivity index (χ2v) is 5.78. The molecule has 3 heterocycles. The van der Waals surface area contributed by atoms with E-state index in [0.717, 1.165) is 31.5 Å². The van der Waals surface area contributed by atoms with Crippen molar-refractivity contribution in [1.29, 1.82) is 0 Å². The summed E-state index contributed by atoms with van der Waals surface area (Å²) >= 11 is 0. The van der Waals surface area contributed by atoms with Gasteiger partial charge in [-0.3, -0.25) is 14.5 Å². The zero-order valence-electron chi connectivity index (χ0n) is 12.4. The topological polar surface area (TPSA) is 75.6 Å². The maximum absolute atomic E-state index is 14.6. The predicted molar refractivity (Wildman–Crippen MR) is 84.7 cm³/mol. The van der Waals surface area contributed by atoms with Gasteiger partial charge >= 0.3 is 0 Å². The molecule has 1 saturated heterocycles. The first-order chi connectivity index (χ1) is 11.2. The molecule has 23 heavy (non-hydrogen) atoms. The van der Waals surface area contributed by atoms with Crippen LogP contribution in [0.4, 0.5) is 4.39 Å². The Labute approximate surface area is 131 Å². The molecule has 2 N–H and O–H groups in total. The highest BCUT2D eigenvalue weighted by molar-refractivity contribution is 5.83. The van der Waals surface area contributed by atoms with Gasteiger partial charge in [-0.15, -0.1) is 0 Å². The van der Waals surface area contributed by atoms with E-state index < -0.39 is 5.82 Å². The summed E-state index contributed by atoms with van der Waals surface area (Å²) in [7, 11) is 0. The van der Waals surface area contributed by atoms with E-state index in [-0.39, 0.29) is 17.0 Å². The van der Waals surface area contributed by atoms with Crippen LogP contribution in [0.2, 0.25) is 0 Å². The van der Waals surface area contributed by atoms with Crippen LogP contribution in [0.25, 0.3) is 22.0 Å². The Morgan fingerprint density at radius 3 is 2.78 bits per heavy atom. The maximum atomic E-state index is 14.6. The van der Waals surface area contributed by atoms with Crippen LogP contribution >= 0.6 is 0 Å². The molecule has 1 aliphatic heterocycles. The van der Waals surface area contributed by atoms with Crippen LogP contribution in [-0.4, -0.2) is 32.8 Å². The molecule has 0 aliphatic carbocycles. The normalized spacial score (nSPS) is 16.0. The molecule has 0 spiro atoms. The van der Waals surface area contributed by atoms with Crippen LogP contribution in [0.5, 0.6) is 0 Å². The lowest BCUT2D eigenvalue weighted by atomic mass is 10.0. The number of aromatic amines is 1. The third-order valence-electron chi connectivity index (χ3n) is 4.37. The van der Waals surface area contributed by atoms with Crippen LogP contribution < -0.4 is 10.9 Å². The van der Waals surface area contributed by atoms with Crippen molar-refractivity contribution in [3.63, 3.8) is 0 Å². The number of halogens is 1. The Kier molecular flexibility index (Phi) is 3.42. The van der Waals surface area contributed by atoms with Gasteiger partial charge in [-0.1, -0.05) is 0 Å². The third-order valence-corrected chi connectivity index (χ3v) is 4.37. The molecule has 0 bridgehead atoms. The minimum absolute atomic E-state index is 0.0540. The Hall–Kier alpha value is -2.54. The standard InChI is InChI=1S/C16H16FN5O/c17-13-5-10(11-7-20-21-8-11)6-14-15(13)16(23)22(9-19-14)12-1-3-18-4-2-12/h5-9,12,18H,1-4H2,(H,20,21). The van der Waals surface area contributed by atoms with Crippen molar-refractivity contribution in [3.8, 4) is 11.1 Å². The monoisotopic (exact) mass is 313 g/mol. The summed E-state index contributed by atoms with van der Waals surface area (Å²) in [5.41, 5.74) is 1.47. The lowest BCUT2D eigenvalue weighted by Gasteiger charge is -2.24. The second kappa shape index (κ2) is 5.58. The van der Waals surface area contributed by atoms with Crippen molar-refractivity contribution >= 4 is 10.9 Å². The first-order valence-corrected chi connectivity index (χ1v) is 7.64. The van der Waals surface area contributed by atoms with E-state index in [4.69, 9.17) is 0 Å². The summed E-state index contributed by atoms with van der Waals surface area (Å²) in [4.78, 5) is 17.0. The van der Waals surface area contributed by atoms with Gasteiger partial charge in [-0.25, -0.2) is 9.37 Å². The molecule has 0 unspecified atom stereocenters. The molecular formula is C16H16FN5O. The van der Waals surface area contributed by atoms with E-state index in [1.807, 2.05) is 0 Å².